The standard InChI is InChI=1S/C12H20N4O/c1-9(17)10-4-2-3-7-16(10)8-12-14-6-5-11(13)15-12/h5-6,9-10,17H,2-4,7-8H2,1H3,(H2,13,14,15). The summed E-state index contributed by atoms with van der Waals surface area (Å²) in [4.78, 5) is 10.7. The van der Waals surface area contributed by atoms with Crippen molar-refractivity contribution in [3.63, 3.8) is 0 Å². The Kier molecular flexibility index (Phi) is 3.91. The number of nitrogen functional groups attached to an aromatic ring is 1. The van der Waals surface area contributed by atoms with E-state index in [-0.39, 0.29) is 12.1 Å². The maximum absolute atomic E-state index is 9.77. The Morgan fingerprint density at radius 3 is 3.12 bits per heavy atom. The Hall–Kier alpha value is -1.20. The minimum absolute atomic E-state index is 0.216. The predicted octanol–water partition coefficient (Wildman–Crippen LogP) is 0.794. The lowest BCUT2D eigenvalue weighted by atomic mass is 9.98. The first kappa shape index (κ1) is 12.3. The van der Waals surface area contributed by atoms with E-state index in [0.717, 1.165) is 18.8 Å². The first-order valence-corrected chi connectivity index (χ1v) is 6.16. The summed E-state index contributed by atoms with van der Waals surface area (Å²) in [6, 6.07) is 1.90. The van der Waals surface area contributed by atoms with Gasteiger partial charge in [0.2, 0.25) is 0 Å². The van der Waals surface area contributed by atoms with Crippen molar-refractivity contribution in [2.75, 3.05) is 12.3 Å². The molecule has 1 aromatic rings. The zero-order valence-corrected chi connectivity index (χ0v) is 10.2. The molecular formula is C12H20N4O. The monoisotopic (exact) mass is 236 g/mol. The molecule has 2 unspecified atom stereocenters. The van der Waals surface area contributed by atoms with Gasteiger partial charge in [0.15, 0.2) is 0 Å². The molecule has 1 aliphatic heterocycles. The van der Waals surface area contributed by atoms with E-state index in [1.165, 1.54) is 12.8 Å². The molecule has 0 spiro atoms. The third-order valence-electron chi connectivity index (χ3n) is 3.29. The summed E-state index contributed by atoms with van der Waals surface area (Å²) in [5, 5.41) is 9.77. The van der Waals surface area contributed by atoms with Gasteiger partial charge in [0.1, 0.15) is 11.6 Å². The molecule has 0 radical (unpaired) electrons. The molecule has 1 aliphatic rings. The smallest absolute Gasteiger partial charge is 0.144 e. The minimum atomic E-state index is -0.309. The van der Waals surface area contributed by atoms with Crippen LogP contribution in [0.5, 0.6) is 0 Å². The number of nitrogens with zero attached hydrogens (tertiary/aromatic N) is 3. The molecule has 1 fully saturated rings. The average molecular weight is 236 g/mol. The number of aliphatic hydroxyl groups excluding tert-OH is 1. The third kappa shape index (κ3) is 3.14. The maximum Gasteiger partial charge on any atom is 0.144 e. The molecule has 5 heteroatoms. The van der Waals surface area contributed by atoms with Crippen molar-refractivity contribution in [3.8, 4) is 0 Å². The van der Waals surface area contributed by atoms with E-state index in [4.69, 9.17) is 5.73 Å². The Morgan fingerprint density at radius 2 is 2.41 bits per heavy atom. The lowest BCUT2D eigenvalue weighted by Gasteiger charge is -2.36. The number of rotatable bonds is 3. The molecule has 2 heterocycles. The summed E-state index contributed by atoms with van der Waals surface area (Å²) in [7, 11) is 0. The molecule has 0 amide bonds. The summed E-state index contributed by atoms with van der Waals surface area (Å²) in [6.07, 6.45) is 4.77. The van der Waals surface area contributed by atoms with Gasteiger partial charge in [-0.15, -0.1) is 0 Å². The molecule has 1 aromatic heterocycles. The highest BCUT2D eigenvalue weighted by molar-refractivity contribution is 5.25. The molecule has 94 valence electrons. The third-order valence-corrected chi connectivity index (χ3v) is 3.29. The Bertz CT molecular complexity index is 369. The Morgan fingerprint density at radius 1 is 1.59 bits per heavy atom. The molecule has 0 bridgehead atoms. The normalized spacial score (nSPS) is 23.5. The molecule has 0 aromatic carbocycles. The number of nitrogens with two attached hydrogens (primary N) is 1. The van der Waals surface area contributed by atoms with Crippen LogP contribution < -0.4 is 5.73 Å². The van der Waals surface area contributed by atoms with Crippen molar-refractivity contribution >= 4 is 5.82 Å². The van der Waals surface area contributed by atoms with E-state index in [9.17, 15) is 5.11 Å². The van der Waals surface area contributed by atoms with Crippen LogP contribution in [0.25, 0.3) is 0 Å². The molecule has 5 nitrogen and oxygen atoms in total. The van der Waals surface area contributed by atoms with E-state index >= 15 is 0 Å². The summed E-state index contributed by atoms with van der Waals surface area (Å²) < 4.78 is 0. The Labute approximate surface area is 102 Å². The first-order valence-electron chi connectivity index (χ1n) is 6.16. The van der Waals surface area contributed by atoms with E-state index in [1.807, 2.05) is 6.92 Å². The molecule has 2 rings (SSSR count). The molecule has 0 saturated carbocycles. The highest BCUT2D eigenvalue weighted by Gasteiger charge is 2.26. The molecule has 3 N–H and O–H groups in total. The van der Waals surface area contributed by atoms with E-state index in [2.05, 4.69) is 14.9 Å². The number of likely N-dealkylation sites (tertiary alicyclic amines) is 1. The fourth-order valence-corrected chi connectivity index (χ4v) is 2.43. The van der Waals surface area contributed by atoms with Gasteiger partial charge in [-0.2, -0.15) is 0 Å². The van der Waals surface area contributed by atoms with Crippen LogP contribution in [0, 0.1) is 0 Å². The molecular weight excluding hydrogens is 216 g/mol. The summed E-state index contributed by atoms with van der Waals surface area (Å²) in [6.45, 7) is 3.51. The van der Waals surface area contributed by atoms with Crippen LogP contribution in [0.1, 0.15) is 32.0 Å². The van der Waals surface area contributed by atoms with Gasteiger partial charge in [0.25, 0.3) is 0 Å². The van der Waals surface area contributed by atoms with Gasteiger partial charge in [-0.1, -0.05) is 6.42 Å². The lowest BCUT2D eigenvalue weighted by Crippen LogP contribution is -2.45. The predicted molar refractivity (Wildman–Crippen MR) is 66.2 cm³/mol. The topological polar surface area (TPSA) is 75.3 Å². The number of hydrogen-bond donors (Lipinski definition) is 2. The Balaban J connectivity index is 2.05. The molecule has 0 aliphatic carbocycles. The highest BCUT2D eigenvalue weighted by atomic mass is 16.3. The number of piperidine rings is 1. The van der Waals surface area contributed by atoms with Gasteiger partial charge in [-0.25, -0.2) is 9.97 Å². The SMILES string of the molecule is CC(O)C1CCCCN1Cc1nccc(N)n1. The van der Waals surface area contributed by atoms with E-state index in [1.54, 1.807) is 12.3 Å². The number of anilines is 1. The summed E-state index contributed by atoms with van der Waals surface area (Å²) in [5.74, 6) is 1.23. The zero-order chi connectivity index (χ0) is 12.3. The largest absolute Gasteiger partial charge is 0.392 e. The van der Waals surface area contributed by atoms with Crippen molar-refractivity contribution in [2.24, 2.45) is 0 Å². The maximum atomic E-state index is 9.77. The average Bonchev–Trinajstić information content (AvgIpc) is 2.29. The van der Waals surface area contributed by atoms with Crippen molar-refractivity contribution in [1.29, 1.82) is 0 Å². The fourth-order valence-electron chi connectivity index (χ4n) is 2.43. The highest BCUT2D eigenvalue weighted by Crippen LogP contribution is 2.21. The van der Waals surface area contributed by atoms with E-state index in [0.29, 0.717) is 12.4 Å². The number of hydrogen-bond acceptors (Lipinski definition) is 5. The second-order valence-corrected chi connectivity index (χ2v) is 4.67. The van der Waals surface area contributed by atoms with E-state index < -0.39 is 0 Å². The van der Waals surface area contributed by atoms with Crippen LogP contribution in [0.15, 0.2) is 12.3 Å². The van der Waals surface area contributed by atoms with Crippen LogP contribution in [0.3, 0.4) is 0 Å². The van der Waals surface area contributed by atoms with Gasteiger partial charge in [0, 0.05) is 12.2 Å². The van der Waals surface area contributed by atoms with Gasteiger partial charge in [0.05, 0.1) is 12.6 Å². The lowest BCUT2D eigenvalue weighted by molar-refractivity contribution is 0.0302. The van der Waals surface area contributed by atoms with Crippen molar-refractivity contribution < 1.29 is 5.11 Å². The van der Waals surface area contributed by atoms with Gasteiger partial charge >= 0.3 is 0 Å². The van der Waals surface area contributed by atoms with Crippen molar-refractivity contribution in [2.45, 2.75) is 44.9 Å². The van der Waals surface area contributed by atoms with Gasteiger partial charge in [-0.05, 0) is 32.4 Å². The van der Waals surface area contributed by atoms with Gasteiger partial charge in [-0.3, -0.25) is 4.90 Å². The summed E-state index contributed by atoms with van der Waals surface area (Å²) >= 11 is 0. The molecule has 2 atom stereocenters. The van der Waals surface area contributed by atoms with Crippen LogP contribution in [0.2, 0.25) is 0 Å². The van der Waals surface area contributed by atoms with Crippen LogP contribution in [-0.2, 0) is 6.54 Å². The fraction of sp³-hybridized carbons (Fsp3) is 0.667. The second kappa shape index (κ2) is 5.42. The zero-order valence-electron chi connectivity index (χ0n) is 10.2. The number of aliphatic hydroxyl groups is 1. The number of aromatic nitrogens is 2. The first-order chi connectivity index (χ1) is 8.16. The van der Waals surface area contributed by atoms with Crippen LogP contribution in [0.4, 0.5) is 5.82 Å². The van der Waals surface area contributed by atoms with Gasteiger partial charge < -0.3 is 10.8 Å². The van der Waals surface area contributed by atoms with Crippen LogP contribution >= 0.6 is 0 Å². The quantitative estimate of drug-likeness (QED) is 0.811. The minimum Gasteiger partial charge on any atom is -0.392 e. The second-order valence-electron chi connectivity index (χ2n) is 4.67. The molecule has 1 saturated heterocycles. The summed E-state index contributed by atoms with van der Waals surface area (Å²) in [5.41, 5.74) is 5.64. The van der Waals surface area contributed by atoms with Crippen molar-refractivity contribution in [3.05, 3.63) is 18.1 Å². The molecule has 17 heavy (non-hydrogen) atoms. The van der Waals surface area contributed by atoms with Crippen LogP contribution in [-0.4, -0.2) is 38.7 Å². The van der Waals surface area contributed by atoms with Crippen molar-refractivity contribution in [1.82, 2.24) is 14.9 Å².